The van der Waals surface area contributed by atoms with E-state index < -0.39 is 0 Å². The molecular formula is C66H47BN4O2. The van der Waals surface area contributed by atoms with Crippen molar-refractivity contribution < 1.29 is 8.83 Å². The monoisotopic (exact) mass is 938 g/mol. The van der Waals surface area contributed by atoms with Crippen molar-refractivity contribution in [2.75, 3.05) is 0 Å². The van der Waals surface area contributed by atoms with Crippen molar-refractivity contribution >= 4 is 111 Å². The van der Waals surface area contributed by atoms with Gasteiger partial charge in [0.15, 0.2) is 5.82 Å². The third-order valence-electron chi connectivity index (χ3n) is 16.2. The number of benzene rings is 9. The quantitative estimate of drug-likeness (QED) is 0.166. The summed E-state index contributed by atoms with van der Waals surface area (Å²) >= 11 is 0. The Balaban J connectivity index is 1.12. The molecule has 14 aromatic rings. The Kier molecular flexibility index (Phi) is 7.89. The predicted molar refractivity (Wildman–Crippen MR) is 304 cm³/mol. The Morgan fingerprint density at radius 3 is 1.36 bits per heavy atom. The molecule has 5 aromatic heterocycles. The predicted octanol–water partition coefficient (Wildman–Crippen LogP) is 15.2. The molecule has 0 fully saturated rings. The summed E-state index contributed by atoms with van der Waals surface area (Å²) in [5.41, 5.74) is 21.5. The summed E-state index contributed by atoms with van der Waals surface area (Å²) in [7, 11) is 0. The molecule has 0 saturated carbocycles. The second-order valence-corrected chi connectivity index (χ2v) is 22.5. The third kappa shape index (κ3) is 5.54. The van der Waals surface area contributed by atoms with Crippen LogP contribution in [-0.2, 0) is 10.8 Å². The van der Waals surface area contributed by atoms with Crippen molar-refractivity contribution in [3.05, 3.63) is 187 Å². The minimum atomic E-state index is -0.146. The highest BCUT2D eigenvalue weighted by atomic mass is 16.3. The number of fused-ring (bicyclic) bond motifs is 18. The van der Waals surface area contributed by atoms with Crippen LogP contribution >= 0.6 is 0 Å². The Labute approximate surface area is 421 Å². The van der Waals surface area contributed by atoms with Crippen LogP contribution in [0.1, 0.15) is 52.7 Å². The maximum atomic E-state index is 7.00. The lowest BCUT2D eigenvalue weighted by atomic mass is 9.34. The molecule has 2 aliphatic heterocycles. The van der Waals surface area contributed by atoms with Crippen molar-refractivity contribution in [2.45, 2.75) is 52.4 Å². The standard InChI is InChI=1S/C66H47BN4O2/c1-65(2,3)39-31-45-57-51(27-25-43-41-21-13-15-23-55(41)72-62(43)57)70-53-29-38(50-35-49(36-17-9-7-10-18-36)68-64(69-50)37-19-11-8-12-20-37)30-54-59(53)67(47(33-39)60(45)70)48-34-40(66(4,5)6)32-46-58-52(71(54)61(46)48)28-26-44-42-22-14-16-24-56(42)73-63(44)58/h7-35H,1-6H3. The van der Waals surface area contributed by atoms with Gasteiger partial charge in [-0.2, -0.15) is 0 Å². The summed E-state index contributed by atoms with van der Waals surface area (Å²) in [5, 5.41) is 9.19. The van der Waals surface area contributed by atoms with Crippen molar-refractivity contribution in [3.8, 4) is 45.3 Å². The molecule has 0 bridgehead atoms. The van der Waals surface area contributed by atoms with E-state index in [1.807, 2.05) is 6.07 Å². The van der Waals surface area contributed by atoms with Crippen molar-refractivity contribution in [1.82, 2.24) is 19.1 Å². The molecule has 0 N–H and O–H groups in total. The number of hydrogen-bond acceptors (Lipinski definition) is 4. The molecule has 0 atom stereocenters. The van der Waals surface area contributed by atoms with Gasteiger partial charge in [-0.3, -0.25) is 0 Å². The van der Waals surface area contributed by atoms with Gasteiger partial charge in [-0.15, -0.1) is 0 Å². The fraction of sp³-hybridized carbons (Fsp3) is 0.121. The van der Waals surface area contributed by atoms with E-state index in [2.05, 4.69) is 221 Å². The van der Waals surface area contributed by atoms with Crippen LogP contribution in [-0.4, -0.2) is 25.8 Å². The van der Waals surface area contributed by atoms with E-state index in [-0.39, 0.29) is 17.5 Å². The molecule has 346 valence electrons. The fourth-order valence-corrected chi connectivity index (χ4v) is 12.7. The van der Waals surface area contributed by atoms with Gasteiger partial charge in [-0.1, -0.05) is 151 Å². The van der Waals surface area contributed by atoms with E-state index in [0.29, 0.717) is 5.82 Å². The summed E-state index contributed by atoms with van der Waals surface area (Å²) in [5.74, 6) is 0.684. The normalized spacial score (nSPS) is 13.3. The van der Waals surface area contributed by atoms with Crippen molar-refractivity contribution in [1.29, 1.82) is 0 Å². The first kappa shape index (κ1) is 41.0. The summed E-state index contributed by atoms with van der Waals surface area (Å²) in [6, 6.07) is 64.0. The van der Waals surface area contributed by atoms with Crippen molar-refractivity contribution in [3.63, 3.8) is 0 Å². The molecule has 0 unspecified atom stereocenters. The Hall–Kier alpha value is -8.68. The molecule has 0 aliphatic carbocycles. The molecule has 7 heterocycles. The highest BCUT2D eigenvalue weighted by Gasteiger charge is 2.43. The first-order chi connectivity index (χ1) is 35.5. The van der Waals surface area contributed by atoms with E-state index in [4.69, 9.17) is 18.8 Å². The van der Waals surface area contributed by atoms with Crippen LogP contribution in [0, 0.1) is 0 Å². The SMILES string of the molecule is CC(C)(C)c1cc2c3c(c1)c1c4oc5ccccc5c4ccc1n3-c1cc(-c3cc(-c4ccccc4)nc(-c4ccccc4)n3)cc3c1B2c1cc(C(C)(C)C)cc2c4c5oc6ccccc6c5ccc4n-3c12. The molecule has 0 amide bonds. The average Bonchev–Trinajstić information content (AvgIpc) is 4.22. The van der Waals surface area contributed by atoms with Crippen LogP contribution in [0.3, 0.4) is 0 Å². The smallest absolute Gasteiger partial charge is 0.252 e. The zero-order valence-electron chi connectivity index (χ0n) is 41.4. The van der Waals surface area contributed by atoms with Gasteiger partial charge in [0.25, 0.3) is 6.71 Å². The second-order valence-electron chi connectivity index (χ2n) is 22.5. The Morgan fingerprint density at radius 1 is 0.411 bits per heavy atom. The summed E-state index contributed by atoms with van der Waals surface area (Å²) in [6.45, 7) is 14.0. The topological polar surface area (TPSA) is 61.9 Å². The van der Waals surface area contributed by atoms with Crippen LogP contribution in [0.15, 0.2) is 185 Å². The lowest BCUT2D eigenvalue weighted by molar-refractivity contribution is 0.591. The molecule has 73 heavy (non-hydrogen) atoms. The molecule has 0 saturated heterocycles. The fourth-order valence-electron chi connectivity index (χ4n) is 12.7. The minimum Gasteiger partial charge on any atom is -0.455 e. The summed E-state index contributed by atoms with van der Waals surface area (Å²) in [4.78, 5) is 10.7. The molecule has 2 aliphatic rings. The number of para-hydroxylation sites is 2. The molecule has 9 aromatic carbocycles. The van der Waals surface area contributed by atoms with Gasteiger partial charge >= 0.3 is 0 Å². The lowest BCUT2D eigenvalue weighted by Gasteiger charge is -2.35. The van der Waals surface area contributed by atoms with Gasteiger partial charge in [-0.25, -0.2) is 9.97 Å². The molecular weight excluding hydrogens is 892 g/mol. The Morgan fingerprint density at radius 2 is 0.863 bits per heavy atom. The molecule has 7 heteroatoms. The lowest BCUT2D eigenvalue weighted by Crippen LogP contribution is -2.59. The Bertz CT molecular complexity index is 4460. The highest BCUT2D eigenvalue weighted by Crippen LogP contribution is 2.47. The average molecular weight is 939 g/mol. The van der Waals surface area contributed by atoms with Gasteiger partial charge in [0, 0.05) is 71.4 Å². The summed E-state index contributed by atoms with van der Waals surface area (Å²) in [6.07, 6.45) is 0. The number of furan rings is 2. The van der Waals surface area contributed by atoms with E-state index in [9.17, 15) is 0 Å². The maximum absolute atomic E-state index is 7.00. The first-order valence-corrected chi connectivity index (χ1v) is 25.5. The highest BCUT2D eigenvalue weighted by molar-refractivity contribution is 7.00. The number of rotatable bonds is 3. The number of nitrogens with zero attached hydrogens (tertiary/aromatic N) is 4. The van der Waals surface area contributed by atoms with Crippen LogP contribution in [0.2, 0.25) is 0 Å². The van der Waals surface area contributed by atoms with E-state index in [1.165, 1.54) is 49.3 Å². The first-order valence-electron chi connectivity index (χ1n) is 25.5. The maximum Gasteiger partial charge on any atom is 0.252 e. The van der Waals surface area contributed by atoms with Crippen LogP contribution in [0.4, 0.5) is 0 Å². The minimum absolute atomic E-state index is 0.107. The van der Waals surface area contributed by atoms with Gasteiger partial charge in [0.2, 0.25) is 0 Å². The number of aromatic nitrogens is 4. The van der Waals surface area contributed by atoms with Gasteiger partial charge in [0.1, 0.15) is 22.3 Å². The van der Waals surface area contributed by atoms with Gasteiger partial charge in [0.05, 0.1) is 33.2 Å². The van der Waals surface area contributed by atoms with Gasteiger partial charge < -0.3 is 18.0 Å². The van der Waals surface area contributed by atoms with Crippen LogP contribution in [0.5, 0.6) is 0 Å². The zero-order valence-corrected chi connectivity index (χ0v) is 41.4. The van der Waals surface area contributed by atoms with E-state index in [1.54, 1.807) is 0 Å². The zero-order chi connectivity index (χ0) is 48.8. The summed E-state index contributed by atoms with van der Waals surface area (Å²) < 4.78 is 19.1. The van der Waals surface area contributed by atoms with Crippen LogP contribution in [0.25, 0.3) is 133 Å². The van der Waals surface area contributed by atoms with Crippen molar-refractivity contribution in [2.24, 2.45) is 0 Å². The molecule has 0 radical (unpaired) electrons. The molecule has 6 nitrogen and oxygen atoms in total. The van der Waals surface area contributed by atoms with E-state index >= 15 is 0 Å². The third-order valence-corrected chi connectivity index (χ3v) is 16.2. The van der Waals surface area contributed by atoms with Crippen LogP contribution < -0.4 is 16.4 Å². The molecule has 16 rings (SSSR count). The largest absolute Gasteiger partial charge is 0.455 e. The van der Waals surface area contributed by atoms with E-state index in [0.717, 1.165) is 105 Å². The second kappa shape index (κ2) is 14.0. The molecule has 0 spiro atoms. The van der Waals surface area contributed by atoms with Gasteiger partial charge in [-0.05, 0) is 105 Å². The number of hydrogen-bond donors (Lipinski definition) is 0.